The van der Waals surface area contributed by atoms with Crippen LogP contribution in [0.3, 0.4) is 0 Å². The van der Waals surface area contributed by atoms with Gasteiger partial charge < -0.3 is 9.64 Å². The molecule has 98 valence electrons. The van der Waals surface area contributed by atoms with E-state index in [-0.39, 0.29) is 12.0 Å². The second-order valence-electron chi connectivity index (χ2n) is 4.36. The first kappa shape index (κ1) is 14.0. The number of alkyl halides is 1. The van der Waals surface area contributed by atoms with Gasteiger partial charge in [0.05, 0.1) is 12.7 Å². The molecule has 1 atom stereocenters. The van der Waals surface area contributed by atoms with Crippen LogP contribution in [-0.4, -0.2) is 41.9 Å². The first-order chi connectivity index (χ1) is 8.61. The quantitative estimate of drug-likeness (QED) is 0.742. The van der Waals surface area contributed by atoms with E-state index in [1.807, 2.05) is 30.0 Å². The highest BCUT2D eigenvalue weighted by atomic mass is 79.9. The fourth-order valence-electron chi connectivity index (χ4n) is 1.99. The van der Waals surface area contributed by atoms with Crippen LogP contribution in [0.25, 0.3) is 0 Å². The van der Waals surface area contributed by atoms with Crippen molar-refractivity contribution < 1.29 is 9.53 Å². The number of amides is 1. The van der Waals surface area contributed by atoms with Gasteiger partial charge in [-0.05, 0) is 24.6 Å². The van der Waals surface area contributed by atoms with E-state index in [1.54, 1.807) is 0 Å². The van der Waals surface area contributed by atoms with Gasteiger partial charge in [0.15, 0.2) is 0 Å². The van der Waals surface area contributed by atoms with Gasteiger partial charge in [0, 0.05) is 28.5 Å². The average molecular weight is 377 g/mol. The molecule has 1 unspecified atom stereocenters. The second kappa shape index (κ2) is 6.17. The summed E-state index contributed by atoms with van der Waals surface area (Å²) in [5.41, 5.74) is 1.77. The maximum atomic E-state index is 12.5. The molecular formula is C13H15Br2NO2. The molecule has 0 N–H and O–H groups in total. The van der Waals surface area contributed by atoms with E-state index < -0.39 is 0 Å². The molecule has 0 bridgehead atoms. The van der Waals surface area contributed by atoms with Gasteiger partial charge in [-0.1, -0.05) is 37.9 Å². The molecule has 1 aliphatic heterocycles. The molecule has 0 saturated carbocycles. The third-order valence-electron chi connectivity index (χ3n) is 3.03. The lowest BCUT2D eigenvalue weighted by atomic mass is 10.1. The van der Waals surface area contributed by atoms with Gasteiger partial charge in [-0.2, -0.15) is 0 Å². The van der Waals surface area contributed by atoms with Crippen molar-refractivity contribution >= 4 is 37.8 Å². The molecule has 3 nitrogen and oxygen atoms in total. The molecule has 0 spiro atoms. The van der Waals surface area contributed by atoms with Crippen molar-refractivity contribution in [2.24, 2.45) is 0 Å². The van der Waals surface area contributed by atoms with Crippen molar-refractivity contribution in [2.75, 3.05) is 25.0 Å². The van der Waals surface area contributed by atoms with Crippen molar-refractivity contribution in [1.29, 1.82) is 0 Å². The Bertz CT molecular complexity index is 451. The fourth-order valence-corrected chi connectivity index (χ4v) is 2.74. The first-order valence-corrected chi connectivity index (χ1v) is 7.76. The van der Waals surface area contributed by atoms with Crippen molar-refractivity contribution in [1.82, 2.24) is 4.90 Å². The van der Waals surface area contributed by atoms with Gasteiger partial charge in [-0.3, -0.25) is 4.79 Å². The topological polar surface area (TPSA) is 29.5 Å². The van der Waals surface area contributed by atoms with Crippen LogP contribution in [0.4, 0.5) is 0 Å². The zero-order chi connectivity index (χ0) is 13.1. The van der Waals surface area contributed by atoms with Crippen molar-refractivity contribution in [2.45, 2.75) is 13.0 Å². The summed E-state index contributed by atoms with van der Waals surface area (Å²) in [6.45, 7) is 3.88. The number of benzene rings is 1. The molecule has 0 aromatic heterocycles. The van der Waals surface area contributed by atoms with Crippen LogP contribution in [0, 0.1) is 6.92 Å². The van der Waals surface area contributed by atoms with Crippen molar-refractivity contribution in [3.05, 3.63) is 33.8 Å². The number of carbonyl (C=O) groups excluding carboxylic acids is 1. The largest absolute Gasteiger partial charge is 0.374 e. The van der Waals surface area contributed by atoms with Gasteiger partial charge in [-0.15, -0.1) is 0 Å². The smallest absolute Gasteiger partial charge is 0.254 e. The normalized spacial score (nSPS) is 19.9. The molecule has 1 aromatic rings. The Morgan fingerprint density at radius 2 is 2.33 bits per heavy atom. The Morgan fingerprint density at radius 3 is 3.06 bits per heavy atom. The number of nitrogens with zero attached hydrogens (tertiary/aromatic N) is 1. The lowest BCUT2D eigenvalue weighted by Crippen LogP contribution is -2.46. The highest BCUT2D eigenvalue weighted by Crippen LogP contribution is 2.19. The number of rotatable bonds is 2. The SMILES string of the molecule is Cc1ccc(Br)cc1C(=O)N1CCOC(CBr)C1. The van der Waals surface area contributed by atoms with Gasteiger partial charge in [0.1, 0.15) is 0 Å². The highest BCUT2D eigenvalue weighted by molar-refractivity contribution is 9.10. The van der Waals surface area contributed by atoms with Crippen LogP contribution in [0.15, 0.2) is 22.7 Å². The standard InChI is InChI=1S/C13H15Br2NO2/c1-9-2-3-10(15)6-12(9)13(17)16-4-5-18-11(7-14)8-16/h2-3,6,11H,4-5,7-8H2,1H3. The Morgan fingerprint density at radius 1 is 1.56 bits per heavy atom. The van der Waals surface area contributed by atoms with E-state index in [4.69, 9.17) is 4.74 Å². The van der Waals surface area contributed by atoms with Crippen molar-refractivity contribution in [3.8, 4) is 0 Å². The minimum atomic E-state index is 0.0862. The molecule has 1 heterocycles. The van der Waals surface area contributed by atoms with Gasteiger partial charge in [0.25, 0.3) is 5.91 Å². The monoisotopic (exact) mass is 375 g/mol. The van der Waals surface area contributed by atoms with Crippen LogP contribution < -0.4 is 0 Å². The molecule has 1 aromatic carbocycles. The van der Waals surface area contributed by atoms with E-state index in [1.165, 1.54) is 0 Å². The molecule has 0 radical (unpaired) electrons. The summed E-state index contributed by atoms with van der Waals surface area (Å²) in [6, 6.07) is 5.79. The summed E-state index contributed by atoms with van der Waals surface area (Å²) in [4.78, 5) is 14.3. The zero-order valence-electron chi connectivity index (χ0n) is 10.2. The number of carbonyl (C=O) groups is 1. The number of aryl methyl sites for hydroxylation is 1. The van der Waals surface area contributed by atoms with E-state index >= 15 is 0 Å². The van der Waals surface area contributed by atoms with Crippen LogP contribution in [0.1, 0.15) is 15.9 Å². The van der Waals surface area contributed by atoms with Crippen LogP contribution in [0.5, 0.6) is 0 Å². The number of hydrogen-bond donors (Lipinski definition) is 0. The van der Waals surface area contributed by atoms with E-state index in [9.17, 15) is 4.79 Å². The third kappa shape index (κ3) is 3.13. The number of ether oxygens (including phenoxy) is 1. The summed E-state index contributed by atoms with van der Waals surface area (Å²) < 4.78 is 6.48. The lowest BCUT2D eigenvalue weighted by molar-refractivity contribution is -0.00968. The summed E-state index contributed by atoms with van der Waals surface area (Å²) in [6.07, 6.45) is 0.0927. The van der Waals surface area contributed by atoms with Crippen LogP contribution >= 0.6 is 31.9 Å². The molecule has 0 aliphatic carbocycles. The Balaban J connectivity index is 2.17. The Kier molecular flexibility index (Phi) is 4.81. The molecule has 1 fully saturated rings. The molecule has 18 heavy (non-hydrogen) atoms. The third-order valence-corrected chi connectivity index (χ3v) is 4.24. The predicted molar refractivity (Wildman–Crippen MR) is 78.3 cm³/mol. The number of halogens is 2. The molecule has 1 saturated heterocycles. The summed E-state index contributed by atoms with van der Waals surface area (Å²) in [5.74, 6) is 0.0862. The van der Waals surface area contributed by atoms with Gasteiger partial charge >= 0.3 is 0 Å². The van der Waals surface area contributed by atoms with Gasteiger partial charge in [-0.25, -0.2) is 0 Å². The fraction of sp³-hybridized carbons (Fsp3) is 0.462. The first-order valence-electron chi connectivity index (χ1n) is 5.85. The van der Waals surface area contributed by atoms with Crippen molar-refractivity contribution in [3.63, 3.8) is 0 Å². The van der Waals surface area contributed by atoms with E-state index in [2.05, 4.69) is 31.9 Å². The number of hydrogen-bond acceptors (Lipinski definition) is 2. The van der Waals surface area contributed by atoms with E-state index in [0.717, 1.165) is 20.9 Å². The molecule has 1 amide bonds. The highest BCUT2D eigenvalue weighted by Gasteiger charge is 2.25. The summed E-state index contributed by atoms with van der Waals surface area (Å²) >= 11 is 6.81. The zero-order valence-corrected chi connectivity index (χ0v) is 13.3. The van der Waals surface area contributed by atoms with E-state index in [0.29, 0.717) is 19.7 Å². The average Bonchev–Trinajstić information content (AvgIpc) is 2.41. The maximum Gasteiger partial charge on any atom is 0.254 e. The Labute approximate surface area is 124 Å². The summed E-state index contributed by atoms with van der Waals surface area (Å²) in [7, 11) is 0. The molecule has 1 aliphatic rings. The van der Waals surface area contributed by atoms with Gasteiger partial charge in [0.2, 0.25) is 0 Å². The minimum Gasteiger partial charge on any atom is -0.374 e. The number of morpholine rings is 1. The molecular weight excluding hydrogens is 362 g/mol. The minimum absolute atomic E-state index is 0.0862. The molecule has 2 rings (SSSR count). The van der Waals surface area contributed by atoms with Crippen LogP contribution in [-0.2, 0) is 4.74 Å². The Hall–Kier alpha value is -0.390. The second-order valence-corrected chi connectivity index (χ2v) is 5.92. The maximum absolute atomic E-state index is 12.5. The predicted octanol–water partition coefficient (Wildman–Crippen LogP) is 2.99. The molecule has 5 heteroatoms. The lowest BCUT2D eigenvalue weighted by Gasteiger charge is -2.32. The summed E-state index contributed by atoms with van der Waals surface area (Å²) in [5, 5.41) is 0.758. The van der Waals surface area contributed by atoms with Crippen LogP contribution in [0.2, 0.25) is 0 Å².